The SMILES string of the molecule is C=C(C)C(=O)NCCc1nc2ccccc2n1Cc1ccc(Br)cc1. The number of hydrogen-bond acceptors (Lipinski definition) is 2. The number of benzene rings is 2. The van der Waals surface area contributed by atoms with Gasteiger partial charge >= 0.3 is 0 Å². The molecule has 0 fully saturated rings. The number of carbonyl (C=O) groups excluding carboxylic acids is 1. The molecule has 0 atom stereocenters. The van der Waals surface area contributed by atoms with Crippen LogP contribution in [0.4, 0.5) is 0 Å². The Balaban J connectivity index is 1.85. The predicted molar refractivity (Wildman–Crippen MR) is 105 cm³/mol. The summed E-state index contributed by atoms with van der Waals surface area (Å²) in [6, 6.07) is 16.4. The van der Waals surface area contributed by atoms with Gasteiger partial charge in [-0.2, -0.15) is 0 Å². The first-order chi connectivity index (χ1) is 12.0. The maximum absolute atomic E-state index is 11.7. The molecular weight excluding hydrogens is 378 g/mol. The topological polar surface area (TPSA) is 46.9 Å². The number of imidazole rings is 1. The van der Waals surface area contributed by atoms with Gasteiger partial charge in [-0.1, -0.05) is 46.8 Å². The molecule has 0 saturated heterocycles. The Hall–Kier alpha value is -2.40. The van der Waals surface area contributed by atoms with Crippen molar-refractivity contribution in [3.8, 4) is 0 Å². The van der Waals surface area contributed by atoms with Crippen molar-refractivity contribution in [1.29, 1.82) is 0 Å². The molecule has 25 heavy (non-hydrogen) atoms. The molecule has 4 nitrogen and oxygen atoms in total. The molecule has 3 rings (SSSR count). The molecule has 1 heterocycles. The van der Waals surface area contributed by atoms with Gasteiger partial charge in [0.05, 0.1) is 11.0 Å². The summed E-state index contributed by atoms with van der Waals surface area (Å²) in [4.78, 5) is 16.4. The van der Waals surface area contributed by atoms with Crippen LogP contribution in [0.25, 0.3) is 11.0 Å². The van der Waals surface area contributed by atoms with E-state index in [1.54, 1.807) is 6.92 Å². The van der Waals surface area contributed by atoms with Crippen molar-refractivity contribution < 1.29 is 4.79 Å². The number of fused-ring (bicyclic) bond motifs is 1. The molecule has 0 saturated carbocycles. The van der Waals surface area contributed by atoms with E-state index in [9.17, 15) is 4.79 Å². The highest BCUT2D eigenvalue weighted by molar-refractivity contribution is 9.10. The van der Waals surface area contributed by atoms with E-state index in [4.69, 9.17) is 4.98 Å². The molecule has 0 radical (unpaired) electrons. The van der Waals surface area contributed by atoms with Crippen LogP contribution in [-0.2, 0) is 17.8 Å². The third kappa shape index (κ3) is 4.17. The number of para-hydroxylation sites is 2. The molecule has 1 amide bonds. The minimum atomic E-state index is -0.115. The van der Waals surface area contributed by atoms with Gasteiger partial charge < -0.3 is 9.88 Å². The Morgan fingerprint density at radius 1 is 1.20 bits per heavy atom. The maximum atomic E-state index is 11.7. The van der Waals surface area contributed by atoms with Crippen LogP contribution in [0.15, 0.2) is 65.2 Å². The number of nitrogens with one attached hydrogen (secondary N) is 1. The Bertz CT molecular complexity index is 912. The lowest BCUT2D eigenvalue weighted by Gasteiger charge is -2.10. The van der Waals surface area contributed by atoms with Crippen LogP contribution in [0.2, 0.25) is 0 Å². The fourth-order valence-electron chi connectivity index (χ4n) is 2.70. The van der Waals surface area contributed by atoms with Crippen LogP contribution in [0, 0.1) is 0 Å². The smallest absolute Gasteiger partial charge is 0.246 e. The quantitative estimate of drug-likeness (QED) is 0.636. The van der Waals surface area contributed by atoms with Gasteiger partial charge in [-0.25, -0.2) is 4.98 Å². The molecule has 3 aromatic rings. The van der Waals surface area contributed by atoms with Gasteiger partial charge in [-0.15, -0.1) is 0 Å². The lowest BCUT2D eigenvalue weighted by atomic mass is 10.2. The highest BCUT2D eigenvalue weighted by atomic mass is 79.9. The van der Waals surface area contributed by atoms with Gasteiger partial charge in [-0.3, -0.25) is 4.79 Å². The molecule has 2 aromatic carbocycles. The Morgan fingerprint density at radius 2 is 1.92 bits per heavy atom. The second-order valence-corrected chi connectivity index (χ2v) is 6.93. The number of carbonyl (C=O) groups is 1. The van der Waals surface area contributed by atoms with Gasteiger partial charge in [0.25, 0.3) is 0 Å². The van der Waals surface area contributed by atoms with Crippen molar-refractivity contribution in [3.05, 3.63) is 76.5 Å². The molecule has 0 aliphatic heterocycles. The van der Waals surface area contributed by atoms with Gasteiger partial charge in [0.2, 0.25) is 5.91 Å². The number of hydrogen-bond donors (Lipinski definition) is 1. The predicted octanol–water partition coefficient (Wildman–Crippen LogP) is 4.08. The number of amides is 1. The molecule has 0 aliphatic carbocycles. The second-order valence-electron chi connectivity index (χ2n) is 6.02. The summed E-state index contributed by atoms with van der Waals surface area (Å²) in [7, 11) is 0. The van der Waals surface area contributed by atoms with Gasteiger partial charge in [-0.05, 0) is 36.8 Å². The zero-order valence-corrected chi connectivity index (χ0v) is 15.7. The molecule has 5 heteroatoms. The van der Waals surface area contributed by atoms with Crippen LogP contribution in [0.5, 0.6) is 0 Å². The lowest BCUT2D eigenvalue weighted by Crippen LogP contribution is -2.26. The molecule has 0 bridgehead atoms. The van der Waals surface area contributed by atoms with Gasteiger partial charge in [0.15, 0.2) is 0 Å². The molecule has 128 valence electrons. The van der Waals surface area contributed by atoms with Crippen LogP contribution >= 0.6 is 15.9 Å². The third-order valence-electron chi connectivity index (χ3n) is 4.01. The van der Waals surface area contributed by atoms with E-state index in [0.717, 1.165) is 27.9 Å². The van der Waals surface area contributed by atoms with Crippen molar-refractivity contribution in [2.75, 3.05) is 6.54 Å². The van der Waals surface area contributed by atoms with E-state index >= 15 is 0 Å². The minimum absolute atomic E-state index is 0.115. The molecule has 0 unspecified atom stereocenters. The minimum Gasteiger partial charge on any atom is -0.352 e. The fourth-order valence-corrected chi connectivity index (χ4v) is 2.97. The monoisotopic (exact) mass is 397 g/mol. The second kappa shape index (κ2) is 7.66. The molecule has 0 spiro atoms. The highest BCUT2D eigenvalue weighted by Crippen LogP contribution is 2.19. The van der Waals surface area contributed by atoms with E-state index in [2.05, 4.69) is 50.6 Å². The van der Waals surface area contributed by atoms with E-state index in [1.165, 1.54) is 5.56 Å². The first kappa shape index (κ1) is 17.4. The molecular formula is C20H20BrN3O. The number of aromatic nitrogens is 2. The van der Waals surface area contributed by atoms with Crippen LogP contribution in [-0.4, -0.2) is 22.0 Å². The zero-order chi connectivity index (χ0) is 17.8. The van der Waals surface area contributed by atoms with E-state index < -0.39 is 0 Å². The van der Waals surface area contributed by atoms with Crippen LogP contribution in [0.3, 0.4) is 0 Å². The Kier molecular flexibility index (Phi) is 5.34. The largest absolute Gasteiger partial charge is 0.352 e. The highest BCUT2D eigenvalue weighted by Gasteiger charge is 2.11. The summed E-state index contributed by atoms with van der Waals surface area (Å²) < 4.78 is 3.28. The average molecular weight is 398 g/mol. The normalized spacial score (nSPS) is 10.8. The standard InChI is InChI=1S/C20H20BrN3O/c1-14(2)20(25)22-12-11-19-23-17-5-3-4-6-18(17)24(19)13-15-7-9-16(21)10-8-15/h3-10H,1,11-13H2,2H3,(H,22,25). The van der Waals surface area contributed by atoms with E-state index in [-0.39, 0.29) is 5.91 Å². The first-order valence-corrected chi connectivity index (χ1v) is 8.96. The Labute approximate surface area is 155 Å². The van der Waals surface area contributed by atoms with Crippen LogP contribution < -0.4 is 5.32 Å². The van der Waals surface area contributed by atoms with Crippen molar-refractivity contribution in [2.24, 2.45) is 0 Å². The number of rotatable bonds is 6. The van der Waals surface area contributed by atoms with Crippen molar-refractivity contribution in [1.82, 2.24) is 14.9 Å². The van der Waals surface area contributed by atoms with Crippen molar-refractivity contribution >= 4 is 32.9 Å². The summed E-state index contributed by atoms with van der Waals surface area (Å²) in [6.45, 7) is 6.65. The van der Waals surface area contributed by atoms with Crippen molar-refractivity contribution in [2.45, 2.75) is 19.9 Å². The van der Waals surface area contributed by atoms with Gasteiger partial charge in [0.1, 0.15) is 5.82 Å². The number of halogens is 1. The summed E-state index contributed by atoms with van der Waals surface area (Å²) in [5, 5.41) is 2.88. The molecule has 1 N–H and O–H groups in total. The fraction of sp³-hybridized carbons (Fsp3) is 0.200. The number of nitrogens with zero attached hydrogens (tertiary/aromatic N) is 2. The molecule has 0 aliphatic rings. The Morgan fingerprint density at radius 3 is 2.64 bits per heavy atom. The summed E-state index contributed by atoms with van der Waals surface area (Å²) in [5.41, 5.74) is 3.80. The summed E-state index contributed by atoms with van der Waals surface area (Å²) in [6.07, 6.45) is 0.671. The third-order valence-corrected chi connectivity index (χ3v) is 4.54. The summed E-state index contributed by atoms with van der Waals surface area (Å²) in [5.74, 6) is 0.849. The average Bonchev–Trinajstić information content (AvgIpc) is 2.94. The first-order valence-electron chi connectivity index (χ1n) is 8.17. The van der Waals surface area contributed by atoms with E-state index in [0.29, 0.717) is 18.5 Å². The van der Waals surface area contributed by atoms with Crippen molar-refractivity contribution in [3.63, 3.8) is 0 Å². The van der Waals surface area contributed by atoms with E-state index in [1.807, 2.05) is 30.3 Å². The summed E-state index contributed by atoms with van der Waals surface area (Å²) >= 11 is 3.47. The van der Waals surface area contributed by atoms with Crippen LogP contribution in [0.1, 0.15) is 18.3 Å². The van der Waals surface area contributed by atoms with Gasteiger partial charge in [0, 0.05) is 29.6 Å². The molecule has 1 aromatic heterocycles. The lowest BCUT2D eigenvalue weighted by molar-refractivity contribution is -0.117. The maximum Gasteiger partial charge on any atom is 0.246 e. The zero-order valence-electron chi connectivity index (χ0n) is 14.1.